The van der Waals surface area contributed by atoms with Crippen molar-refractivity contribution in [1.29, 1.82) is 0 Å². The van der Waals surface area contributed by atoms with Crippen LogP contribution in [0.5, 0.6) is 5.75 Å². The number of nitrogens with one attached hydrogen (secondary N) is 1. The lowest BCUT2D eigenvalue weighted by Crippen LogP contribution is -2.12. The van der Waals surface area contributed by atoms with Gasteiger partial charge in [0.25, 0.3) is 0 Å². The van der Waals surface area contributed by atoms with Gasteiger partial charge in [-0.05, 0) is 53.6 Å². The second-order valence-corrected chi connectivity index (χ2v) is 7.12. The number of fused-ring (bicyclic) bond motifs is 1. The second-order valence-electron chi connectivity index (χ2n) is 6.21. The van der Waals surface area contributed by atoms with Gasteiger partial charge in [0.1, 0.15) is 11.9 Å². The number of halogens is 1. The minimum atomic E-state index is 0.0854. The van der Waals surface area contributed by atoms with Gasteiger partial charge in [-0.1, -0.05) is 53.7 Å². The van der Waals surface area contributed by atoms with Crippen molar-refractivity contribution in [1.82, 2.24) is 5.32 Å². The van der Waals surface area contributed by atoms with E-state index in [4.69, 9.17) is 4.74 Å². The fourth-order valence-corrected chi connectivity index (χ4v) is 3.57. The fourth-order valence-electron chi connectivity index (χ4n) is 3.20. The van der Waals surface area contributed by atoms with Gasteiger partial charge in [-0.15, -0.1) is 0 Å². The van der Waals surface area contributed by atoms with E-state index in [1.807, 2.05) is 31.5 Å². The van der Waals surface area contributed by atoms with Crippen molar-refractivity contribution in [2.75, 3.05) is 7.05 Å². The monoisotopic (exact) mass is 383 g/mol. The van der Waals surface area contributed by atoms with E-state index in [1.165, 1.54) is 11.1 Å². The Balaban J connectivity index is 1.93. The lowest BCUT2D eigenvalue weighted by atomic mass is 10.0. The van der Waals surface area contributed by atoms with Gasteiger partial charge in [-0.3, -0.25) is 0 Å². The molecule has 0 aromatic heterocycles. The van der Waals surface area contributed by atoms with Crippen LogP contribution >= 0.6 is 15.9 Å². The highest BCUT2D eigenvalue weighted by atomic mass is 79.9. The third-order valence-electron chi connectivity index (χ3n) is 4.41. The summed E-state index contributed by atoms with van der Waals surface area (Å²) in [5.41, 5.74) is 4.62. The first-order valence-corrected chi connectivity index (χ1v) is 8.96. The molecule has 0 aliphatic heterocycles. The Hall–Kier alpha value is -2.00. The van der Waals surface area contributed by atoms with Gasteiger partial charge in [0.15, 0.2) is 0 Å². The maximum absolute atomic E-state index is 6.47. The molecule has 0 heterocycles. The van der Waals surface area contributed by atoms with E-state index in [9.17, 15) is 0 Å². The molecule has 24 heavy (non-hydrogen) atoms. The summed E-state index contributed by atoms with van der Waals surface area (Å²) in [5, 5.41) is 3.00. The van der Waals surface area contributed by atoms with E-state index in [-0.39, 0.29) is 6.10 Å². The first-order chi connectivity index (χ1) is 11.6. The molecule has 124 valence electrons. The maximum Gasteiger partial charge on any atom is 0.128 e. The van der Waals surface area contributed by atoms with Gasteiger partial charge in [0.2, 0.25) is 0 Å². The normalized spacial score (nSPS) is 19.3. The number of allylic oxidation sites excluding steroid dienone is 2. The minimum Gasteiger partial charge on any atom is -0.485 e. The molecule has 1 aliphatic rings. The van der Waals surface area contributed by atoms with Crippen molar-refractivity contribution >= 4 is 21.5 Å². The lowest BCUT2D eigenvalue weighted by Gasteiger charge is -2.22. The van der Waals surface area contributed by atoms with Crippen LogP contribution in [0.15, 0.2) is 65.8 Å². The molecule has 0 amide bonds. The number of ether oxygens (including phenoxy) is 1. The van der Waals surface area contributed by atoms with Gasteiger partial charge in [0, 0.05) is 23.0 Å². The van der Waals surface area contributed by atoms with E-state index in [2.05, 4.69) is 65.1 Å². The van der Waals surface area contributed by atoms with Crippen molar-refractivity contribution in [2.24, 2.45) is 5.92 Å². The predicted octanol–water partition coefficient (Wildman–Crippen LogP) is 5.51. The molecule has 2 atom stereocenters. The third-order valence-corrected chi connectivity index (χ3v) is 4.91. The van der Waals surface area contributed by atoms with Crippen LogP contribution < -0.4 is 10.1 Å². The van der Waals surface area contributed by atoms with Crippen LogP contribution in [0.4, 0.5) is 0 Å². The molecule has 2 nitrogen and oxygen atoms in total. The fraction of sp³-hybridized carbons (Fsp3) is 0.238. The van der Waals surface area contributed by atoms with Crippen molar-refractivity contribution < 1.29 is 4.74 Å². The molecule has 2 aromatic rings. The van der Waals surface area contributed by atoms with Crippen molar-refractivity contribution in [3.63, 3.8) is 0 Å². The van der Waals surface area contributed by atoms with Crippen LogP contribution in [0.25, 0.3) is 5.57 Å². The molecule has 3 rings (SSSR count). The summed E-state index contributed by atoms with van der Waals surface area (Å²) in [4.78, 5) is 0. The highest BCUT2D eigenvalue weighted by Crippen LogP contribution is 2.41. The maximum atomic E-state index is 6.47. The first kappa shape index (κ1) is 16.8. The summed E-state index contributed by atoms with van der Waals surface area (Å²) in [6.45, 7) is 6.42. The van der Waals surface area contributed by atoms with Gasteiger partial charge < -0.3 is 10.1 Å². The quantitative estimate of drug-likeness (QED) is 0.687. The van der Waals surface area contributed by atoms with Crippen molar-refractivity contribution in [2.45, 2.75) is 19.4 Å². The van der Waals surface area contributed by atoms with Crippen molar-refractivity contribution in [3.05, 3.63) is 82.5 Å². The topological polar surface area (TPSA) is 21.3 Å². The zero-order chi connectivity index (χ0) is 17.1. The van der Waals surface area contributed by atoms with Crippen LogP contribution in [0.1, 0.15) is 29.7 Å². The average Bonchev–Trinajstić information content (AvgIpc) is 2.90. The summed E-state index contributed by atoms with van der Waals surface area (Å²) in [5.74, 6) is 1.33. The molecular formula is C21H22BrNO. The summed E-state index contributed by atoms with van der Waals surface area (Å²) in [7, 11) is 1.87. The Kier molecular flexibility index (Phi) is 5.10. The number of rotatable bonds is 5. The summed E-state index contributed by atoms with van der Waals surface area (Å²) in [6, 6.07) is 14.7. The molecule has 1 aliphatic carbocycles. The third kappa shape index (κ3) is 3.41. The van der Waals surface area contributed by atoms with Crippen molar-refractivity contribution in [3.8, 4) is 5.75 Å². The molecule has 1 unspecified atom stereocenters. The molecule has 0 fully saturated rings. The molecule has 0 saturated carbocycles. The van der Waals surface area contributed by atoms with Gasteiger partial charge in [0.05, 0.1) is 0 Å². The van der Waals surface area contributed by atoms with Crippen LogP contribution in [0.3, 0.4) is 0 Å². The zero-order valence-corrected chi connectivity index (χ0v) is 15.6. The Morgan fingerprint density at radius 3 is 2.88 bits per heavy atom. The van der Waals surface area contributed by atoms with Crippen LogP contribution in [-0.2, 0) is 6.42 Å². The zero-order valence-electron chi connectivity index (χ0n) is 14.1. The number of hydrogen-bond acceptors (Lipinski definition) is 2. The molecular weight excluding hydrogens is 362 g/mol. The molecule has 1 N–H and O–H groups in total. The summed E-state index contributed by atoms with van der Waals surface area (Å²) in [6.07, 6.45) is 4.98. The number of hydrogen-bond donors (Lipinski definition) is 1. The molecule has 0 radical (unpaired) electrons. The van der Waals surface area contributed by atoms with Gasteiger partial charge >= 0.3 is 0 Å². The first-order valence-electron chi connectivity index (χ1n) is 8.17. The Bertz CT molecular complexity index is 781. The van der Waals surface area contributed by atoms with E-state index < -0.39 is 0 Å². The van der Waals surface area contributed by atoms with Gasteiger partial charge in [-0.2, -0.15) is 0 Å². The standard InChI is InChI=1S/C21H22BrNO/c1-14(10-11-23-3)19-13-17(22)8-9-20(19)24-21-15(2)12-16-6-4-5-7-18(16)21/h4-11,13,15,21,23H,1,12H2,2-3H3/b11-10-/t15-,21?/m1/s1. The van der Waals surface area contributed by atoms with E-state index in [0.717, 1.165) is 27.8 Å². The van der Waals surface area contributed by atoms with Gasteiger partial charge in [-0.25, -0.2) is 0 Å². The van der Waals surface area contributed by atoms with Crippen LogP contribution in [-0.4, -0.2) is 7.05 Å². The molecule has 3 heteroatoms. The molecule has 0 saturated heterocycles. The predicted molar refractivity (Wildman–Crippen MR) is 104 cm³/mol. The minimum absolute atomic E-state index is 0.0854. The SMILES string of the molecule is C=C(/C=C\NC)c1cc(Br)ccc1OC1c2ccccc2C[C@H]1C. The van der Waals surface area contributed by atoms with E-state index in [1.54, 1.807) is 0 Å². The molecule has 2 aromatic carbocycles. The highest BCUT2D eigenvalue weighted by molar-refractivity contribution is 9.10. The molecule has 0 bridgehead atoms. The molecule has 0 spiro atoms. The average molecular weight is 384 g/mol. The number of benzene rings is 2. The second kappa shape index (κ2) is 7.27. The lowest BCUT2D eigenvalue weighted by molar-refractivity contribution is 0.159. The largest absolute Gasteiger partial charge is 0.485 e. The highest BCUT2D eigenvalue weighted by Gasteiger charge is 2.31. The van der Waals surface area contributed by atoms with Crippen LogP contribution in [0.2, 0.25) is 0 Å². The van der Waals surface area contributed by atoms with Crippen LogP contribution in [0, 0.1) is 5.92 Å². The smallest absolute Gasteiger partial charge is 0.128 e. The Morgan fingerprint density at radius 2 is 2.08 bits per heavy atom. The summed E-state index contributed by atoms with van der Waals surface area (Å²) < 4.78 is 7.48. The Morgan fingerprint density at radius 1 is 1.29 bits per heavy atom. The van der Waals surface area contributed by atoms with E-state index in [0.29, 0.717) is 5.92 Å². The Labute approximate surface area is 152 Å². The summed E-state index contributed by atoms with van der Waals surface area (Å²) >= 11 is 3.55. The van der Waals surface area contributed by atoms with E-state index >= 15 is 0 Å².